The van der Waals surface area contributed by atoms with Crippen molar-refractivity contribution in [1.82, 2.24) is 5.32 Å². The first kappa shape index (κ1) is 19.1. The minimum atomic E-state index is -0.421. The molecule has 0 atom stereocenters. The largest absolute Gasteiger partial charge is 0.491 e. The Bertz CT molecular complexity index is 755. The molecule has 0 bridgehead atoms. The molecule has 0 radical (unpaired) electrons. The van der Waals surface area contributed by atoms with Crippen LogP contribution < -0.4 is 15.4 Å². The van der Waals surface area contributed by atoms with E-state index < -0.39 is 5.97 Å². The summed E-state index contributed by atoms with van der Waals surface area (Å²) in [5.41, 5.74) is 0.643. The molecular formula is C18H24N2O4S. The van der Waals surface area contributed by atoms with Gasteiger partial charge < -0.3 is 20.1 Å². The van der Waals surface area contributed by atoms with E-state index in [1.165, 1.54) is 18.4 Å². The number of esters is 1. The van der Waals surface area contributed by atoms with Gasteiger partial charge in [-0.15, -0.1) is 11.3 Å². The van der Waals surface area contributed by atoms with E-state index in [4.69, 9.17) is 9.47 Å². The maximum absolute atomic E-state index is 12.1. The third-order valence-electron chi connectivity index (χ3n) is 3.37. The van der Waals surface area contributed by atoms with E-state index in [1.807, 2.05) is 32.9 Å². The van der Waals surface area contributed by atoms with Crippen LogP contribution in [0.3, 0.4) is 0 Å². The maximum Gasteiger partial charge on any atom is 0.351 e. The molecule has 2 rings (SSSR count). The van der Waals surface area contributed by atoms with Gasteiger partial charge in [-0.3, -0.25) is 0 Å². The van der Waals surface area contributed by atoms with Crippen molar-refractivity contribution in [1.29, 1.82) is 0 Å². The van der Waals surface area contributed by atoms with Gasteiger partial charge in [0.05, 0.1) is 13.7 Å². The molecular weight excluding hydrogens is 340 g/mol. The SMILES string of the molecule is CCCNC(=O)Nc1ccc2sc(C(=O)OC)c(OCC(C)C)c2c1. The van der Waals surface area contributed by atoms with E-state index in [-0.39, 0.29) is 6.03 Å². The van der Waals surface area contributed by atoms with E-state index in [0.717, 1.165) is 16.5 Å². The van der Waals surface area contributed by atoms with Gasteiger partial charge in [0.25, 0.3) is 0 Å². The summed E-state index contributed by atoms with van der Waals surface area (Å²) in [4.78, 5) is 24.3. The molecule has 136 valence electrons. The fourth-order valence-corrected chi connectivity index (χ4v) is 3.23. The van der Waals surface area contributed by atoms with Crippen molar-refractivity contribution in [2.45, 2.75) is 27.2 Å². The van der Waals surface area contributed by atoms with E-state index in [9.17, 15) is 9.59 Å². The van der Waals surface area contributed by atoms with Crippen LogP contribution in [-0.4, -0.2) is 32.3 Å². The number of nitrogens with one attached hydrogen (secondary N) is 2. The molecule has 2 aromatic rings. The van der Waals surface area contributed by atoms with E-state index in [2.05, 4.69) is 10.6 Å². The van der Waals surface area contributed by atoms with Crippen molar-refractivity contribution in [3.8, 4) is 5.75 Å². The number of hydrogen-bond donors (Lipinski definition) is 2. The number of fused-ring (bicyclic) bond motifs is 1. The second-order valence-electron chi connectivity index (χ2n) is 6.05. The van der Waals surface area contributed by atoms with E-state index in [1.54, 1.807) is 6.07 Å². The Hall–Kier alpha value is -2.28. The molecule has 2 amide bonds. The summed E-state index contributed by atoms with van der Waals surface area (Å²) in [6.07, 6.45) is 0.868. The standard InChI is InChI=1S/C18H24N2O4S/c1-5-8-19-18(22)20-12-6-7-14-13(9-12)15(24-10-11(2)3)16(25-14)17(21)23-4/h6-7,9,11H,5,8,10H2,1-4H3,(H2,19,20,22). The topological polar surface area (TPSA) is 76.7 Å². The zero-order chi connectivity index (χ0) is 18.4. The number of rotatable bonds is 7. The average molecular weight is 364 g/mol. The van der Waals surface area contributed by atoms with Crippen molar-refractivity contribution >= 4 is 39.1 Å². The van der Waals surface area contributed by atoms with Gasteiger partial charge in [0, 0.05) is 22.3 Å². The molecule has 0 saturated heterocycles. The Morgan fingerprint density at radius 3 is 2.68 bits per heavy atom. The molecule has 0 aliphatic heterocycles. The fourth-order valence-electron chi connectivity index (χ4n) is 2.19. The van der Waals surface area contributed by atoms with Gasteiger partial charge in [0.15, 0.2) is 10.6 Å². The van der Waals surface area contributed by atoms with Crippen molar-refractivity contribution < 1.29 is 19.1 Å². The van der Waals surface area contributed by atoms with E-state index in [0.29, 0.717) is 35.4 Å². The minimum absolute atomic E-state index is 0.255. The van der Waals surface area contributed by atoms with Crippen LogP contribution in [0.4, 0.5) is 10.5 Å². The third-order valence-corrected chi connectivity index (χ3v) is 4.50. The molecule has 0 saturated carbocycles. The first-order valence-corrected chi connectivity index (χ1v) is 9.10. The normalized spacial score (nSPS) is 10.8. The molecule has 0 spiro atoms. The van der Waals surface area contributed by atoms with Crippen LogP contribution in [0.1, 0.15) is 36.9 Å². The summed E-state index contributed by atoms with van der Waals surface area (Å²) in [5, 5.41) is 6.35. The second-order valence-corrected chi connectivity index (χ2v) is 7.10. The van der Waals surface area contributed by atoms with Gasteiger partial charge in [0.2, 0.25) is 0 Å². The van der Waals surface area contributed by atoms with Crippen LogP contribution in [0.15, 0.2) is 18.2 Å². The van der Waals surface area contributed by atoms with E-state index >= 15 is 0 Å². The first-order chi connectivity index (χ1) is 12.0. The number of ether oxygens (including phenoxy) is 2. The fraction of sp³-hybridized carbons (Fsp3) is 0.444. The number of amides is 2. The number of hydrogen-bond acceptors (Lipinski definition) is 5. The smallest absolute Gasteiger partial charge is 0.351 e. The third kappa shape index (κ3) is 4.85. The van der Waals surface area contributed by atoms with Gasteiger partial charge in [-0.25, -0.2) is 9.59 Å². The molecule has 0 aliphatic rings. The van der Waals surface area contributed by atoms with Gasteiger partial charge in [-0.2, -0.15) is 0 Å². The minimum Gasteiger partial charge on any atom is -0.491 e. The molecule has 7 heteroatoms. The Morgan fingerprint density at radius 2 is 2.04 bits per heavy atom. The molecule has 2 N–H and O–H groups in total. The van der Waals surface area contributed by atoms with Crippen LogP contribution in [-0.2, 0) is 4.74 Å². The number of anilines is 1. The zero-order valence-electron chi connectivity index (χ0n) is 15.0. The van der Waals surface area contributed by atoms with Crippen LogP contribution >= 0.6 is 11.3 Å². The highest BCUT2D eigenvalue weighted by Crippen LogP contribution is 2.39. The molecule has 6 nitrogen and oxygen atoms in total. The first-order valence-electron chi connectivity index (χ1n) is 8.28. The van der Waals surface area contributed by atoms with Crippen LogP contribution in [0, 0.1) is 5.92 Å². The lowest BCUT2D eigenvalue weighted by Crippen LogP contribution is -2.29. The Labute approximate surface area is 151 Å². The number of thiophene rings is 1. The molecule has 0 aliphatic carbocycles. The molecule has 25 heavy (non-hydrogen) atoms. The van der Waals surface area contributed by atoms with Crippen molar-refractivity contribution in [2.24, 2.45) is 5.92 Å². The van der Waals surface area contributed by atoms with Gasteiger partial charge in [-0.05, 0) is 30.5 Å². The van der Waals surface area contributed by atoms with Gasteiger partial charge >= 0.3 is 12.0 Å². The average Bonchev–Trinajstić information content (AvgIpc) is 2.95. The molecule has 0 fully saturated rings. The monoisotopic (exact) mass is 364 g/mol. The second kappa shape index (κ2) is 8.71. The predicted octanol–water partition coefficient (Wildman–Crippen LogP) is 4.25. The van der Waals surface area contributed by atoms with Gasteiger partial charge in [0.1, 0.15) is 0 Å². The summed E-state index contributed by atoms with van der Waals surface area (Å²) >= 11 is 1.32. The predicted molar refractivity (Wildman–Crippen MR) is 101 cm³/mol. The number of benzene rings is 1. The summed E-state index contributed by atoms with van der Waals surface area (Å²) < 4.78 is 11.6. The van der Waals surface area contributed by atoms with Crippen LogP contribution in [0.25, 0.3) is 10.1 Å². The number of methoxy groups -OCH3 is 1. The summed E-state index contributed by atoms with van der Waals surface area (Å²) in [6, 6.07) is 5.23. The quantitative estimate of drug-likeness (QED) is 0.720. The lowest BCUT2D eigenvalue weighted by atomic mass is 10.2. The highest BCUT2D eigenvalue weighted by atomic mass is 32.1. The maximum atomic E-state index is 12.1. The molecule has 1 aromatic heterocycles. The number of urea groups is 1. The zero-order valence-corrected chi connectivity index (χ0v) is 15.8. The molecule has 1 heterocycles. The molecule has 1 aromatic carbocycles. The Morgan fingerprint density at radius 1 is 1.28 bits per heavy atom. The van der Waals surface area contributed by atoms with Gasteiger partial charge in [-0.1, -0.05) is 20.8 Å². The van der Waals surface area contributed by atoms with Crippen molar-refractivity contribution in [3.63, 3.8) is 0 Å². The highest BCUT2D eigenvalue weighted by molar-refractivity contribution is 7.21. The van der Waals surface area contributed by atoms with Crippen molar-refractivity contribution in [3.05, 3.63) is 23.1 Å². The number of carbonyl (C=O) groups is 2. The number of carbonyl (C=O) groups excluding carboxylic acids is 2. The van der Waals surface area contributed by atoms with Crippen LogP contribution in [0.5, 0.6) is 5.75 Å². The summed E-state index contributed by atoms with van der Waals surface area (Å²) in [6.45, 7) is 7.17. The van der Waals surface area contributed by atoms with Crippen LogP contribution in [0.2, 0.25) is 0 Å². The lowest BCUT2D eigenvalue weighted by molar-refractivity contribution is 0.0601. The highest BCUT2D eigenvalue weighted by Gasteiger charge is 2.21. The summed E-state index contributed by atoms with van der Waals surface area (Å²) in [7, 11) is 1.35. The lowest BCUT2D eigenvalue weighted by Gasteiger charge is -2.10. The summed E-state index contributed by atoms with van der Waals surface area (Å²) in [5.74, 6) is 0.412. The Kier molecular flexibility index (Phi) is 6.64. The molecule has 0 unspecified atom stereocenters. The van der Waals surface area contributed by atoms with Crippen molar-refractivity contribution in [2.75, 3.05) is 25.6 Å². The Balaban J connectivity index is 2.35.